The highest BCUT2D eigenvalue weighted by molar-refractivity contribution is 6.31. The van der Waals surface area contributed by atoms with E-state index in [1.807, 2.05) is 84.9 Å². The van der Waals surface area contributed by atoms with E-state index in [1.54, 1.807) is 11.8 Å². The van der Waals surface area contributed by atoms with Crippen LogP contribution in [0.3, 0.4) is 0 Å². The Bertz CT molecular complexity index is 1490. The molecule has 2 N–H and O–H groups in total. The van der Waals surface area contributed by atoms with Crippen molar-refractivity contribution in [1.29, 1.82) is 0 Å². The summed E-state index contributed by atoms with van der Waals surface area (Å²) < 4.78 is 7.08. The highest BCUT2D eigenvalue weighted by atomic mass is 35.5. The number of rotatable bonds is 7. The molecule has 0 saturated heterocycles. The van der Waals surface area contributed by atoms with Crippen LogP contribution in [0.1, 0.15) is 11.1 Å². The fourth-order valence-corrected chi connectivity index (χ4v) is 4.14. The number of halogens is 1. The number of nitrogens with zero attached hydrogens (tertiary/aromatic N) is 2. The van der Waals surface area contributed by atoms with Crippen molar-refractivity contribution in [3.8, 4) is 22.7 Å². The number of para-hydroxylation sites is 1. The molecule has 0 atom stereocenters. The maximum absolute atomic E-state index is 13.0. The van der Waals surface area contributed by atoms with Crippen LogP contribution in [0.2, 0.25) is 5.02 Å². The van der Waals surface area contributed by atoms with E-state index >= 15 is 0 Å². The van der Waals surface area contributed by atoms with Crippen LogP contribution < -0.4 is 15.6 Å². The lowest BCUT2D eigenvalue weighted by atomic mass is 10.1. The van der Waals surface area contributed by atoms with Gasteiger partial charge < -0.3 is 15.0 Å². The SMILES string of the molecule is COc1ccc(-c2nn(-c3ccccc3)c3[nH]c(=O)c(CNCc4ccccc4Cl)cc23)cc1. The minimum absolute atomic E-state index is 0.155. The van der Waals surface area contributed by atoms with E-state index in [4.69, 9.17) is 21.4 Å². The first kappa shape index (κ1) is 21.9. The number of aromatic amines is 1. The van der Waals surface area contributed by atoms with Gasteiger partial charge in [-0.05, 0) is 54.1 Å². The Morgan fingerprint density at radius 3 is 2.38 bits per heavy atom. The number of methoxy groups -OCH3 is 1. The summed E-state index contributed by atoms with van der Waals surface area (Å²) in [6.45, 7) is 0.959. The molecule has 0 radical (unpaired) electrons. The van der Waals surface area contributed by atoms with E-state index in [0.717, 1.165) is 33.6 Å². The maximum Gasteiger partial charge on any atom is 0.254 e. The Morgan fingerprint density at radius 1 is 0.941 bits per heavy atom. The molecule has 6 nitrogen and oxygen atoms in total. The highest BCUT2D eigenvalue weighted by Gasteiger charge is 2.17. The smallest absolute Gasteiger partial charge is 0.254 e. The second kappa shape index (κ2) is 9.55. The Balaban J connectivity index is 1.56. The average molecular weight is 471 g/mol. The van der Waals surface area contributed by atoms with Crippen LogP contribution in [0.5, 0.6) is 5.75 Å². The number of benzene rings is 3. The molecule has 0 aliphatic carbocycles. The number of pyridine rings is 1. The molecule has 2 aromatic heterocycles. The summed E-state index contributed by atoms with van der Waals surface area (Å²) in [5, 5.41) is 9.77. The molecule has 0 saturated carbocycles. The minimum atomic E-state index is -0.155. The van der Waals surface area contributed by atoms with E-state index in [9.17, 15) is 4.79 Å². The second-order valence-electron chi connectivity index (χ2n) is 7.91. The largest absolute Gasteiger partial charge is 0.497 e. The Labute approximate surface area is 201 Å². The second-order valence-corrected chi connectivity index (χ2v) is 8.31. The molecule has 3 aromatic carbocycles. The number of fused-ring (bicyclic) bond motifs is 1. The first-order valence-corrected chi connectivity index (χ1v) is 11.3. The Hall–Kier alpha value is -3.87. The van der Waals surface area contributed by atoms with Crippen molar-refractivity contribution < 1.29 is 4.74 Å². The predicted molar refractivity (Wildman–Crippen MR) is 136 cm³/mol. The van der Waals surface area contributed by atoms with Gasteiger partial charge in [0.05, 0.1) is 12.8 Å². The van der Waals surface area contributed by atoms with E-state index in [1.165, 1.54) is 0 Å². The summed E-state index contributed by atoms with van der Waals surface area (Å²) in [4.78, 5) is 16.0. The van der Waals surface area contributed by atoms with Gasteiger partial charge in [0.1, 0.15) is 17.1 Å². The van der Waals surface area contributed by atoms with Crippen LogP contribution in [0, 0.1) is 0 Å². The van der Waals surface area contributed by atoms with Gasteiger partial charge in [-0.15, -0.1) is 0 Å². The lowest BCUT2D eigenvalue weighted by Crippen LogP contribution is -2.21. The van der Waals surface area contributed by atoms with Crippen LogP contribution in [-0.2, 0) is 13.1 Å². The standard InChI is InChI=1S/C27H23ClN4O2/c1-34-22-13-11-18(12-14-22)25-23-15-20(17-29-16-19-7-5-6-10-24(19)28)27(33)30-26(23)32(31-25)21-8-3-2-4-9-21/h2-15,29H,16-17H2,1H3,(H,30,33). The molecule has 5 rings (SSSR count). The number of H-pyrrole nitrogens is 1. The third-order valence-corrected chi connectivity index (χ3v) is 6.09. The molecule has 0 amide bonds. The quantitative estimate of drug-likeness (QED) is 0.337. The van der Waals surface area contributed by atoms with Crippen molar-refractivity contribution in [3.05, 3.63) is 111 Å². The topological polar surface area (TPSA) is 71.9 Å². The first-order valence-electron chi connectivity index (χ1n) is 10.9. The molecule has 34 heavy (non-hydrogen) atoms. The zero-order valence-corrected chi connectivity index (χ0v) is 19.3. The fraction of sp³-hybridized carbons (Fsp3) is 0.111. The van der Waals surface area contributed by atoms with Crippen LogP contribution in [0.15, 0.2) is 89.7 Å². The Kier molecular flexibility index (Phi) is 6.16. The minimum Gasteiger partial charge on any atom is -0.497 e. The van der Waals surface area contributed by atoms with Crippen LogP contribution in [0.4, 0.5) is 0 Å². The molecule has 0 spiro atoms. The van der Waals surface area contributed by atoms with Crippen LogP contribution in [0.25, 0.3) is 28.0 Å². The van der Waals surface area contributed by atoms with Gasteiger partial charge in [-0.1, -0.05) is 48.0 Å². The molecule has 7 heteroatoms. The number of hydrogen-bond donors (Lipinski definition) is 2. The summed E-state index contributed by atoms with van der Waals surface area (Å²) in [6.07, 6.45) is 0. The monoisotopic (exact) mass is 470 g/mol. The van der Waals surface area contributed by atoms with Crippen LogP contribution >= 0.6 is 11.6 Å². The molecule has 0 fully saturated rings. The lowest BCUT2D eigenvalue weighted by Gasteiger charge is -2.07. The van der Waals surface area contributed by atoms with Crippen molar-refractivity contribution in [3.63, 3.8) is 0 Å². The van der Waals surface area contributed by atoms with E-state index in [-0.39, 0.29) is 5.56 Å². The third-order valence-electron chi connectivity index (χ3n) is 5.72. The van der Waals surface area contributed by atoms with Gasteiger partial charge in [-0.3, -0.25) is 4.79 Å². The van der Waals surface area contributed by atoms with Gasteiger partial charge >= 0.3 is 0 Å². The predicted octanol–water partition coefficient (Wildman–Crippen LogP) is 5.33. The molecule has 0 aliphatic heterocycles. The van der Waals surface area contributed by atoms with Gasteiger partial charge in [0, 0.05) is 34.6 Å². The highest BCUT2D eigenvalue weighted by Crippen LogP contribution is 2.30. The first-order chi connectivity index (χ1) is 16.6. The number of hydrogen-bond acceptors (Lipinski definition) is 4. The average Bonchev–Trinajstić information content (AvgIpc) is 3.24. The zero-order valence-electron chi connectivity index (χ0n) is 18.6. The Morgan fingerprint density at radius 2 is 1.65 bits per heavy atom. The normalized spacial score (nSPS) is 11.1. The molecule has 2 heterocycles. The fourth-order valence-electron chi connectivity index (χ4n) is 3.94. The van der Waals surface area contributed by atoms with E-state index < -0.39 is 0 Å². The molecule has 0 bridgehead atoms. The van der Waals surface area contributed by atoms with Crippen molar-refractivity contribution >= 4 is 22.6 Å². The number of ether oxygens (including phenoxy) is 1. The number of nitrogens with one attached hydrogen (secondary N) is 2. The van der Waals surface area contributed by atoms with E-state index in [0.29, 0.717) is 29.3 Å². The van der Waals surface area contributed by atoms with Crippen LogP contribution in [-0.4, -0.2) is 21.9 Å². The molecule has 0 aliphatic rings. The number of aromatic nitrogens is 3. The van der Waals surface area contributed by atoms with Gasteiger partial charge in [-0.2, -0.15) is 5.10 Å². The summed E-state index contributed by atoms with van der Waals surface area (Å²) in [7, 11) is 1.64. The van der Waals surface area contributed by atoms with Crippen molar-refractivity contribution in [2.45, 2.75) is 13.1 Å². The van der Waals surface area contributed by atoms with Crippen molar-refractivity contribution in [2.75, 3.05) is 7.11 Å². The van der Waals surface area contributed by atoms with Gasteiger partial charge in [0.25, 0.3) is 5.56 Å². The van der Waals surface area contributed by atoms with Gasteiger partial charge in [0.2, 0.25) is 0 Å². The lowest BCUT2D eigenvalue weighted by molar-refractivity contribution is 0.415. The summed E-state index contributed by atoms with van der Waals surface area (Å²) >= 11 is 6.26. The maximum atomic E-state index is 13.0. The molecule has 0 unspecified atom stereocenters. The molecular formula is C27H23ClN4O2. The molecule has 5 aromatic rings. The molecule has 170 valence electrons. The summed E-state index contributed by atoms with van der Waals surface area (Å²) in [6, 6.07) is 27.1. The zero-order chi connectivity index (χ0) is 23.5. The third kappa shape index (κ3) is 4.33. The molecular weight excluding hydrogens is 448 g/mol. The van der Waals surface area contributed by atoms with Gasteiger partial charge in [0.15, 0.2) is 0 Å². The van der Waals surface area contributed by atoms with Crippen molar-refractivity contribution in [2.24, 2.45) is 0 Å². The van der Waals surface area contributed by atoms with E-state index in [2.05, 4.69) is 10.3 Å². The summed E-state index contributed by atoms with van der Waals surface area (Å²) in [5.74, 6) is 0.772. The van der Waals surface area contributed by atoms with Gasteiger partial charge in [-0.25, -0.2) is 4.68 Å². The summed E-state index contributed by atoms with van der Waals surface area (Å²) in [5.41, 5.74) is 4.69. The van der Waals surface area contributed by atoms with Crippen molar-refractivity contribution in [1.82, 2.24) is 20.1 Å².